The van der Waals surface area contributed by atoms with Gasteiger partial charge in [0.15, 0.2) is 6.23 Å². The zero-order valence-corrected chi connectivity index (χ0v) is 13.5. The van der Waals surface area contributed by atoms with Crippen LogP contribution in [0, 0.1) is 5.92 Å². The van der Waals surface area contributed by atoms with Crippen LogP contribution in [0.2, 0.25) is 0 Å². The van der Waals surface area contributed by atoms with E-state index in [0.29, 0.717) is 5.92 Å². The van der Waals surface area contributed by atoms with Crippen molar-refractivity contribution in [2.24, 2.45) is 5.92 Å². The van der Waals surface area contributed by atoms with E-state index >= 15 is 0 Å². The van der Waals surface area contributed by atoms with E-state index in [2.05, 4.69) is 18.8 Å². The molecule has 1 aromatic heterocycles. The highest BCUT2D eigenvalue weighted by Gasteiger charge is 2.44. The third kappa shape index (κ3) is 3.81. The molecule has 8 heteroatoms. The number of aliphatic hydroxyl groups excluding tert-OH is 2. The Morgan fingerprint density at radius 3 is 2.77 bits per heavy atom. The molecule has 1 saturated heterocycles. The Labute approximate surface area is 132 Å². The van der Waals surface area contributed by atoms with E-state index in [1.54, 1.807) is 0 Å². The van der Waals surface area contributed by atoms with Crippen molar-refractivity contribution >= 4 is 11.8 Å². The van der Waals surface area contributed by atoms with Gasteiger partial charge in [-0.25, -0.2) is 4.79 Å². The number of aromatic amines is 1. The lowest BCUT2D eigenvalue weighted by Crippen LogP contribution is -2.36. The second-order valence-corrected chi connectivity index (χ2v) is 7.06. The van der Waals surface area contributed by atoms with Gasteiger partial charge in [-0.2, -0.15) is 11.8 Å². The number of nitrogens with zero attached hydrogens (tertiary/aromatic N) is 1. The molecule has 4 atom stereocenters. The summed E-state index contributed by atoms with van der Waals surface area (Å²) in [7, 11) is 0. The molecule has 0 radical (unpaired) electrons. The van der Waals surface area contributed by atoms with Gasteiger partial charge in [0.1, 0.15) is 6.10 Å². The number of aliphatic hydroxyl groups is 2. The fraction of sp³-hybridized carbons (Fsp3) is 0.714. The van der Waals surface area contributed by atoms with Crippen molar-refractivity contribution in [2.75, 3.05) is 12.4 Å². The minimum absolute atomic E-state index is 0.322. The van der Waals surface area contributed by atoms with Crippen LogP contribution < -0.4 is 11.2 Å². The predicted molar refractivity (Wildman–Crippen MR) is 84.0 cm³/mol. The average molecular weight is 330 g/mol. The third-order valence-electron chi connectivity index (χ3n) is 3.62. The van der Waals surface area contributed by atoms with Gasteiger partial charge in [-0.3, -0.25) is 14.3 Å². The van der Waals surface area contributed by atoms with Gasteiger partial charge in [-0.05, 0) is 18.1 Å². The lowest BCUT2D eigenvalue weighted by molar-refractivity contribution is -0.0457. The summed E-state index contributed by atoms with van der Waals surface area (Å²) in [5, 5.41) is 19.2. The highest BCUT2D eigenvalue weighted by Crippen LogP contribution is 2.37. The van der Waals surface area contributed by atoms with Crippen LogP contribution in [0.3, 0.4) is 0 Å². The Kier molecular flexibility index (Phi) is 5.85. The lowest BCUT2D eigenvalue weighted by atomic mass is 10.2. The molecule has 3 N–H and O–H groups in total. The van der Waals surface area contributed by atoms with Gasteiger partial charge in [-0.15, -0.1) is 0 Å². The summed E-state index contributed by atoms with van der Waals surface area (Å²) >= 11 is 1.52. The van der Waals surface area contributed by atoms with E-state index in [1.807, 2.05) is 0 Å². The van der Waals surface area contributed by atoms with Crippen LogP contribution in [-0.4, -0.2) is 49.6 Å². The molecule has 124 valence electrons. The first-order valence-corrected chi connectivity index (χ1v) is 8.36. The van der Waals surface area contributed by atoms with E-state index in [-0.39, 0.29) is 11.9 Å². The van der Waals surface area contributed by atoms with Crippen LogP contribution in [0.15, 0.2) is 21.9 Å². The number of ether oxygens (including phenoxy) is 1. The number of hydrogen-bond acceptors (Lipinski definition) is 6. The van der Waals surface area contributed by atoms with E-state index in [4.69, 9.17) is 4.74 Å². The van der Waals surface area contributed by atoms with Gasteiger partial charge in [0.2, 0.25) is 0 Å². The maximum absolute atomic E-state index is 11.9. The zero-order chi connectivity index (χ0) is 16.3. The van der Waals surface area contributed by atoms with Gasteiger partial charge >= 0.3 is 5.69 Å². The molecule has 1 aromatic rings. The molecule has 0 bridgehead atoms. The van der Waals surface area contributed by atoms with Crippen LogP contribution in [0.25, 0.3) is 0 Å². The topological polar surface area (TPSA) is 105 Å². The summed E-state index contributed by atoms with van der Waals surface area (Å²) in [5.41, 5.74) is -1.07. The molecule has 0 spiro atoms. The Hall–Kier alpha value is -1.09. The number of thioether (sulfide) groups is 1. The largest absolute Gasteiger partial charge is 0.394 e. The maximum Gasteiger partial charge on any atom is 0.330 e. The highest BCUT2D eigenvalue weighted by molar-refractivity contribution is 8.00. The fourth-order valence-electron chi connectivity index (χ4n) is 2.34. The molecule has 0 saturated carbocycles. The first-order chi connectivity index (χ1) is 10.4. The van der Waals surface area contributed by atoms with Crippen LogP contribution >= 0.6 is 11.8 Å². The molecular formula is C14H22N2O5S. The normalized spacial score (nSPS) is 28.4. The van der Waals surface area contributed by atoms with E-state index in [1.165, 1.54) is 28.6 Å². The van der Waals surface area contributed by atoms with Gasteiger partial charge in [0.25, 0.3) is 5.56 Å². The molecule has 1 aliphatic rings. The molecule has 7 nitrogen and oxygen atoms in total. The number of rotatable bonds is 6. The van der Waals surface area contributed by atoms with Gasteiger partial charge < -0.3 is 14.9 Å². The third-order valence-corrected chi connectivity index (χ3v) is 4.99. The number of hydrogen-bond donors (Lipinski definition) is 3. The average Bonchev–Trinajstić information content (AvgIpc) is 2.75. The number of nitrogens with one attached hydrogen (secondary N) is 1. The van der Waals surface area contributed by atoms with Gasteiger partial charge in [0, 0.05) is 12.3 Å². The Bertz CT molecular complexity index is 599. The second-order valence-electron chi connectivity index (χ2n) is 5.77. The van der Waals surface area contributed by atoms with Crippen molar-refractivity contribution in [3.05, 3.63) is 33.1 Å². The molecule has 2 rings (SSSR count). The van der Waals surface area contributed by atoms with E-state index < -0.39 is 29.7 Å². The minimum Gasteiger partial charge on any atom is -0.394 e. The fourth-order valence-corrected chi connectivity index (χ4v) is 3.95. The number of aromatic nitrogens is 2. The smallest absolute Gasteiger partial charge is 0.330 e. The molecule has 0 aliphatic carbocycles. The highest BCUT2D eigenvalue weighted by atomic mass is 32.2. The molecule has 0 amide bonds. The van der Waals surface area contributed by atoms with Crippen LogP contribution in [-0.2, 0) is 4.74 Å². The van der Waals surface area contributed by atoms with Crippen molar-refractivity contribution in [3.63, 3.8) is 0 Å². The van der Waals surface area contributed by atoms with Gasteiger partial charge in [0.05, 0.1) is 18.0 Å². The summed E-state index contributed by atoms with van der Waals surface area (Å²) in [6.07, 6.45) is 0.0132. The van der Waals surface area contributed by atoms with Crippen LogP contribution in [0.5, 0.6) is 0 Å². The summed E-state index contributed by atoms with van der Waals surface area (Å²) in [6, 6.07) is 1.24. The van der Waals surface area contributed by atoms with Crippen molar-refractivity contribution in [1.29, 1.82) is 0 Å². The minimum atomic E-state index is -0.869. The standard InChI is InChI=1S/C14H22N2O5S/c1-8(2)4-6-22-12-11(19)9(7-17)21-13(12)16-5-3-10(18)15-14(16)20/h3,5,8-9,11-13,17,19H,4,6-7H2,1-2H3,(H,15,18,20)/t9-,11?,12?,13-/m1/s1. The van der Waals surface area contributed by atoms with E-state index in [9.17, 15) is 19.8 Å². The zero-order valence-electron chi connectivity index (χ0n) is 12.6. The Balaban J connectivity index is 2.22. The molecular weight excluding hydrogens is 308 g/mol. The lowest BCUT2D eigenvalue weighted by Gasteiger charge is -2.21. The molecule has 22 heavy (non-hydrogen) atoms. The summed E-state index contributed by atoms with van der Waals surface area (Å²) < 4.78 is 6.88. The van der Waals surface area contributed by atoms with Crippen LogP contribution in [0.4, 0.5) is 0 Å². The molecule has 0 aromatic carbocycles. The predicted octanol–water partition coefficient (Wildman–Crippen LogP) is -0.0649. The van der Waals surface area contributed by atoms with Crippen molar-refractivity contribution in [1.82, 2.24) is 9.55 Å². The summed E-state index contributed by atoms with van der Waals surface area (Å²) in [5.74, 6) is 1.35. The molecule has 2 heterocycles. The maximum atomic E-state index is 11.9. The van der Waals surface area contributed by atoms with Crippen molar-refractivity contribution in [2.45, 2.75) is 44.0 Å². The monoisotopic (exact) mass is 330 g/mol. The quantitative estimate of drug-likeness (QED) is 0.675. The SMILES string of the molecule is CC(C)CCSC1C(O)[C@@H](CO)O[C@H]1n1ccc(=O)[nH]c1=O. The van der Waals surface area contributed by atoms with Crippen molar-refractivity contribution in [3.8, 4) is 0 Å². The first-order valence-electron chi connectivity index (χ1n) is 7.31. The Morgan fingerprint density at radius 1 is 1.45 bits per heavy atom. The first kappa shape index (κ1) is 17.3. The molecule has 1 fully saturated rings. The van der Waals surface area contributed by atoms with Crippen molar-refractivity contribution < 1.29 is 14.9 Å². The van der Waals surface area contributed by atoms with E-state index in [0.717, 1.165) is 12.2 Å². The van der Waals surface area contributed by atoms with Crippen LogP contribution in [0.1, 0.15) is 26.5 Å². The number of H-pyrrole nitrogens is 1. The molecule has 2 unspecified atom stereocenters. The Morgan fingerprint density at radius 2 is 2.18 bits per heavy atom. The summed E-state index contributed by atoms with van der Waals surface area (Å²) in [6.45, 7) is 3.90. The summed E-state index contributed by atoms with van der Waals surface area (Å²) in [4.78, 5) is 25.3. The van der Waals surface area contributed by atoms with Gasteiger partial charge in [-0.1, -0.05) is 13.8 Å². The molecule has 1 aliphatic heterocycles. The second kappa shape index (κ2) is 7.45.